The topological polar surface area (TPSA) is 90.9 Å². The minimum Gasteiger partial charge on any atom is -0.368 e. The van der Waals surface area contributed by atoms with Gasteiger partial charge in [-0.15, -0.1) is 32.9 Å². The number of halogens is 2. The predicted octanol–water partition coefficient (Wildman–Crippen LogP) is 3.84. The molecule has 0 saturated carbocycles. The van der Waals surface area contributed by atoms with E-state index in [1.54, 1.807) is 10.6 Å². The van der Waals surface area contributed by atoms with E-state index in [1.807, 2.05) is 17.5 Å². The number of primary amides is 1. The van der Waals surface area contributed by atoms with Gasteiger partial charge in [-0.2, -0.15) is 0 Å². The van der Waals surface area contributed by atoms with Crippen molar-refractivity contribution < 1.29 is 9.59 Å². The Morgan fingerprint density at radius 2 is 2.12 bits per heavy atom. The second-order valence-corrected chi connectivity index (χ2v) is 8.96. The van der Waals surface area contributed by atoms with Gasteiger partial charge in [0.2, 0.25) is 5.91 Å². The van der Waals surface area contributed by atoms with Crippen LogP contribution in [-0.2, 0) is 11.3 Å². The zero-order valence-corrected chi connectivity index (χ0v) is 16.4. The first-order chi connectivity index (χ1) is 12.0. The molecule has 0 saturated heterocycles. The summed E-state index contributed by atoms with van der Waals surface area (Å²) in [7, 11) is 0. The van der Waals surface area contributed by atoms with Gasteiger partial charge < -0.3 is 5.73 Å². The Morgan fingerprint density at radius 3 is 2.72 bits per heavy atom. The third kappa shape index (κ3) is 4.24. The van der Waals surface area contributed by atoms with Crippen LogP contribution in [0.25, 0.3) is 10.7 Å². The molecular weight excluding hydrogens is 423 g/mol. The summed E-state index contributed by atoms with van der Waals surface area (Å²) in [5.74, 6) is -0.0584. The smallest absolute Gasteiger partial charge is 0.237 e. The van der Waals surface area contributed by atoms with Crippen molar-refractivity contribution in [3.8, 4) is 10.7 Å². The van der Waals surface area contributed by atoms with Crippen molar-refractivity contribution in [2.24, 2.45) is 5.73 Å². The highest BCUT2D eigenvalue weighted by atomic mass is 35.5. The van der Waals surface area contributed by atoms with E-state index in [9.17, 15) is 9.59 Å². The zero-order chi connectivity index (χ0) is 18.0. The van der Waals surface area contributed by atoms with E-state index in [4.69, 9.17) is 28.9 Å². The molecule has 0 aliphatic carbocycles. The number of carbonyl (C=O) groups excluding carboxylic acids is 2. The Labute approximate surface area is 165 Å². The van der Waals surface area contributed by atoms with Crippen LogP contribution in [0.5, 0.6) is 0 Å². The van der Waals surface area contributed by atoms with E-state index in [0.29, 0.717) is 25.2 Å². The van der Waals surface area contributed by atoms with Gasteiger partial charge in [0.25, 0.3) is 0 Å². The fourth-order valence-electron chi connectivity index (χ4n) is 2.02. The number of hydrogen-bond donors (Lipinski definition) is 1. The van der Waals surface area contributed by atoms with Crippen LogP contribution >= 0.6 is 57.6 Å². The molecule has 3 rings (SSSR count). The van der Waals surface area contributed by atoms with Gasteiger partial charge in [-0.05, 0) is 17.5 Å². The van der Waals surface area contributed by atoms with E-state index >= 15 is 0 Å². The molecule has 0 aliphatic heterocycles. The molecule has 130 valence electrons. The molecule has 2 N–H and O–H groups in total. The minimum atomic E-state index is -0.515. The molecule has 0 atom stereocenters. The van der Waals surface area contributed by atoms with Gasteiger partial charge in [-0.3, -0.25) is 14.2 Å². The molecular formula is C14H10Cl2N4O2S3. The van der Waals surface area contributed by atoms with Crippen LogP contribution in [0, 0.1) is 0 Å². The van der Waals surface area contributed by atoms with Crippen LogP contribution in [0.15, 0.2) is 28.7 Å². The number of nitrogens with two attached hydrogens (primary N) is 1. The number of nitrogens with zero attached hydrogens (tertiary/aromatic N) is 3. The number of carbonyl (C=O) groups is 2. The average Bonchev–Trinajstić information content (AvgIpc) is 3.25. The second kappa shape index (κ2) is 7.88. The second-order valence-electron chi connectivity index (χ2n) is 4.79. The third-order valence-corrected chi connectivity index (χ3v) is 6.38. The first-order valence-corrected chi connectivity index (χ1v) is 10.3. The lowest BCUT2D eigenvalue weighted by atomic mass is 10.2. The largest absolute Gasteiger partial charge is 0.368 e. The molecule has 0 aromatic carbocycles. The number of hydrogen-bond acceptors (Lipinski definition) is 7. The molecule has 0 aliphatic rings. The standard InChI is InChI=1S/C14H10Cl2N4O2S3/c15-10-4-7(12(16)25-10)8(21)6-24-14-19-18-13(9-2-1-3-23-9)20(14)5-11(17)22/h1-4H,5-6H2,(H2,17,22). The summed E-state index contributed by atoms with van der Waals surface area (Å²) in [6.45, 7) is -0.0677. The summed E-state index contributed by atoms with van der Waals surface area (Å²) in [4.78, 5) is 24.6. The highest BCUT2D eigenvalue weighted by molar-refractivity contribution is 7.99. The fourth-order valence-corrected chi connectivity index (χ4v) is 5.06. The van der Waals surface area contributed by atoms with Crippen LogP contribution in [0.1, 0.15) is 10.4 Å². The lowest BCUT2D eigenvalue weighted by Crippen LogP contribution is -2.20. The molecule has 11 heteroatoms. The van der Waals surface area contributed by atoms with E-state index in [-0.39, 0.29) is 18.1 Å². The highest BCUT2D eigenvalue weighted by Gasteiger charge is 2.20. The monoisotopic (exact) mass is 432 g/mol. The van der Waals surface area contributed by atoms with Crippen LogP contribution in [0.3, 0.4) is 0 Å². The summed E-state index contributed by atoms with van der Waals surface area (Å²) in [5, 5.41) is 10.5. The Bertz CT molecular complexity index is 921. The van der Waals surface area contributed by atoms with Gasteiger partial charge in [0.1, 0.15) is 10.9 Å². The summed E-state index contributed by atoms with van der Waals surface area (Å²) < 4.78 is 2.41. The van der Waals surface area contributed by atoms with Gasteiger partial charge in [-0.1, -0.05) is 41.0 Å². The van der Waals surface area contributed by atoms with Crippen molar-refractivity contribution in [1.29, 1.82) is 0 Å². The number of thioether (sulfide) groups is 1. The zero-order valence-electron chi connectivity index (χ0n) is 12.4. The van der Waals surface area contributed by atoms with Crippen molar-refractivity contribution in [2.45, 2.75) is 11.7 Å². The summed E-state index contributed by atoms with van der Waals surface area (Å²) in [6.07, 6.45) is 0. The van der Waals surface area contributed by atoms with Crippen LogP contribution < -0.4 is 5.73 Å². The minimum absolute atomic E-state index is 0.0677. The molecule has 0 bridgehead atoms. The van der Waals surface area contributed by atoms with Crippen molar-refractivity contribution >= 4 is 69.3 Å². The molecule has 25 heavy (non-hydrogen) atoms. The first kappa shape index (κ1) is 18.4. The lowest BCUT2D eigenvalue weighted by molar-refractivity contribution is -0.118. The van der Waals surface area contributed by atoms with E-state index in [0.717, 1.165) is 16.2 Å². The van der Waals surface area contributed by atoms with E-state index in [2.05, 4.69) is 10.2 Å². The van der Waals surface area contributed by atoms with Gasteiger partial charge >= 0.3 is 0 Å². The third-order valence-electron chi connectivity index (χ3n) is 3.06. The Balaban J connectivity index is 1.81. The maximum absolute atomic E-state index is 12.3. The molecule has 0 unspecified atom stereocenters. The molecule has 3 aromatic rings. The van der Waals surface area contributed by atoms with Crippen molar-refractivity contribution in [3.05, 3.63) is 37.8 Å². The van der Waals surface area contributed by atoms with Crippen molar-refractivity contribution in [2.75, 3.05) is 5.75 Å². The number of rotatable bonds is 7. The fraction of sp³-hybridized carbons (Fsp3) is 0.143. The quantitative estimate of drug-likeness (QED) is 0.452. The van der Waals surface area contributed by atoms with Gasteiger partial charge in [0.05, 0.1) is 15.0 Å². The summed E-state index contributed by atoms with van der Waals surface area (Å²) in [5.41, 5.74) is 5.70. The Kier molecular flexibility index (Phi) is 5.80. The van der Waals surface area contributed by atoms with Crippen molar-refractivity contribution in [3.63, 3.8) is 0 Å². The van der Waals surface area contributed by atoms with Crippen LogP contribution in [0.4, 0.5) is 0 Å². The molecule has 3 heterocycles. The first-order valence-electron chi connectivity index (χ1n) is 6.82. The Morgan fingerprint density at radius 1 is 1.32 bits per heavy atom. The lowest BCUT2D eigenvalue weighted by Gasteiger charge is -2.06. The van der Waals surface area contributed by atoms with Crippen LogP contribution in [0.2, 0.25) is 8.67 Å². The van der Waals surface area contributed by atoms with Crippen molar-refractivity contribution in [1.82, 2.24) is 14.8 Å². The average molecular weight is 433 g/mol. The predicted molar refractivity (Wildman–Crippen MR) is 102 cm³/mol. The molecule has 0 radical (unpaired) electrons. The number of ketones is 1. The number of aromatic nitrogens is 3. The van der Waals surface area contributed by atoms with Gasteiger partial charge in [0, 0.05) is 5.56 Å². The number of amides is 1. The summed E-state index contributed by atoms with van der Waals surface area (Å²) in [6, 6.07) is 5.30. The SMILES string of the molecule is NC(=O)Cn1c(SCC(=O)c2cc(Cl)sc2Cl)nnc1-c1cccs1. The Hall–Kier alpha value is -1.39. The molecule has 1 amide bonds. The van der Waals surface area contributed by atoms with E-state index < -0.39 is 5.91 Å². The maximum Gasteiger partial charge on any atom is 0.237 e. The normalized spacial score (nSPS) is 11.0. The van der Waals surface area contributed by atoms with E-state index in [1.165, 1.54) is 23.1 Å². The number of Topliss-reactive ketones (excluding diaryl/α,β-unsaturated/α-hetero) is 1. The maximum atomic E-state index is 12.3. The van der Waals surface area contributed by atoms with Gasteiger partial charge in [0.15, 0.2) is 16.8 Å². The number of thiophene rings is 2. The highest BCUT2D eigenvalue weighted by Crippen LogP contribution is 2.33. The molecule has 3 aromatic heterocycles. The molecule has 0 fully saturated rings. The molecule has 0 spiro atoms. The van der Waals surface area contributed by atoms with Gasteiger partial charge in [-0.25, -0.2) is 0 Å². The molecule has 6 nitrogen and oxygen atoms in total. The summed E-state index contributed by atoms with van der Waals surface area (Å²) >= 11 is 15.7. The van der Waals surface area contributed by atoms with Crippen LogP contribution in [-0.4, -0.2) is 32.2 Å².